The number of carbonyl (C=O) groups excluding carboxylic acids is 1. The number of amides is 1. The fourth-order valence-corrected chi connectivity index (χ4v) is 5.17. The predicted octanol–water partition coefficient (Wildman–Crippen LogP) is 2.44. The molecular formula is C20H22N2O4S. The third-order valence-electron chi connectivity index (χ3n) is 5.01. The lowest BCUT2D eigenvalue weighted by Crippen LogP contribution is -2.42. The van der Waals surface area contributed by atoms with Gasteiger partial charge in [-0.1, -0.05) is 36.4 Å². The number of benzene rings is 2. The van der Waals surface area contributed by atoms with E-state index in [-0.39, 0.29) is 17.8 Å². The Morgan fingerprint density at radius 3 is 2.59 bits per heavy atom. The van der Waals surface area contributed by atoms with Gasteiger partial charge in [0.1, 0.15) is 6.10 Å². The topological polar surface area (TPSA) is 66.9 Å². The first-order valence-electron chi connectivity index (χ1n) is 9.11. The van der Waals surface area contributed by atoms with E-state index in [9.17, 15) is 13.2 Å². The molecule has 0 aromatic heterocycles. The highest BCUT2D eigenvalue weighted by atomic mass is 32.2. The van der Waals surface area contributed by atoms with E-state index in [0.717, 1.165) is 5.56 Å². The maximum Gasteiger partial charge on any atom is 0.254 e. The normalized spacial score (nSPS) is 22.0. The van der Waals surface area contributed by atoms with E-state index in [4.69, 9.17) is 4.74 Å². The first-order valence-corrected chi connectivity index (χ1v) is 10.7. The van der Waals surface area contributed by atoms with Crippen molar-refractivity contribution >= 4 is 21.6 Å². The van der Waals surface area contributed by atoms with Crippen LogP contribution in [-0.4, -0.2) is 51.2 Å². The summed E-state index contributed by atoms with van der Waals surface area (Å²) >= 11 is 0. The lowest BCUT2D eigenvalue weighted by Gasteiger charge is -2.33. The molecule has 2 aliphatic heterocycles. The average molecular weight is 386 g/mol. The average Bonchev–Trinajstić information content (AvgIpc) is 3.07. The van der Waals surface area contributed by atoms with Crippen molar-refractivity contribution in [2.75, 3.05) is 36.3 Å². The Balaban J connectivity index is 1.53. The molecule has 7 heteroatoms. The van der Waals surface area contributed by atoms with Crippen molar-refractivity contribution in [3.8, 4) is 0 Å². The summed E-state index contributed by atoms with van der Waals surface area (Å²) in [6.07, 6.45) is 0.467. The molecule has 0 saturated carbocycles. The Morgan fingerprint density at radius 1 is 1.04 bits per heavy atom. The molecule has 2 aliphatic rings. The predicted molar refractivity (Wildman–Crippen MR) is 103 cm³/mol. The summed E-state index contributed by atoms with van der Waals surface area (Å²) in [6.45, 7) is 1.95. The summed E-state index contributed by atoms with van der Waals surface area (Å²) < 4.78 is 31.5. The minimum atomic E-state index is -3.26. The zero-order chi connectivity index (χ0) is 18.9. The molecule has 1 atom stereocenters. The van der Waals surface area contributed by atoms with E-state index in [2.05, 4.69) is 0 Å². The Kier molecular flexibility index (Phi) is 4.88. The lowest BCUT2D eigenvalue weighted by atomic mass is 10.1. The van der Waals surface area contributed by atoms with Gasteiger partial charge >= 0.3 is 0 Å². The molecule has 0 aliphatic carbocycles. The number of anilines is 1. The number of carbonyl (C=O) groups is 1. The van der Waals surface area contributed by atoms with Crippen molar-refractivity contribution < 1.29 is 17.9 Å². The molecule has 1 unspecified atom stereocenters. The quantitative estimate of drug-likeness (QED) is 0.813. The molecule has 0 spiro atoms. The third kappa shape index (κ3) is 3.70. The Morgan fingerprint density at radius 2 is 1.85 bits per heavy atom. The zero-order valence-corrected chi connectivity index (χ0v) is 15.8. The second kappa shape index (κ2) is 7.32. The minimum Gasteiger partial charge on any atom is -0.370 e. The lowest BCUT2D eigenvalue weighted by molar-refractivity contribution is -0.0228. The number of nitrogens with zero attached hydrogens (tertiary/aromatic N) is 2. The molecule has 6 nitrogen and oxygen atoms in total. The van der Waals surface area contributed by atoms with Crippen LogP contribution in [0, 0.1) is 0 Å². The van der Waals surface area contributed by atoms with Gasteiger partial charge in [-0.2, -0.15) is 0 Å². The van der Waals surface area contributed by atoms with E-state index in [0.29, 0.717) is 43.9 Å². The molecule has 27 heavy (non-hydrogen) atoms. The maximum atomic E-state index is 13.0. The summed E-state index contributed by atoms with van der Waals surface area (Å²) in [5, 5.41) is 0. The molecule has 2 saturated heterocycles. The highest BCUT2D eigenvalue weighted by Crippen LogP contribution is 2.27. The van der Waals surface area contributed by atoms with Crippen molar-refractivity contribution in [2.45, 2.75) is 12.5 Å². The minimum absolute atomic E-state index is 0.0994. The van der Waals surface area contributed by atoms with Gasteiger partial charge in [-0.25, -0.2) is 8.42 Å². The summed E-state index contributed by atoms with van der Waals surface area (Å²) in [4.78, 5) is 14.8. The van der Waals surface area contributed by atoms with Gasteiger partial charge in [0.25, 0.3) is 5.91 Å². The van der Waals surface area contributed by atoms with Crippen LogP contribution in [0.3, 0.4) is 0 Å². The Labute approximate surface area is 159 Å². The van der Waals surface area contributed by atoms with Crippen LogP contribution in [0.5, 0.6) is 0 Å². The van der Waals surface area contributed by atoms with Crippen LogP contribution in [-0.2, 0) is 14.8 Å². The zero-order valence-electron chi connectivity index (χ0n) is 15.0. The maximum absolute atomic E-state index is 13.0. The van der Waals surface area contributed by atoms with Gasteiger partial charge in [-0.3, -0.25) is 9.10 Å². The molecular weight excluding hydrogens is 364 g/mol. The first kappa shape index (κ1) is 18.0. The van der Waals surface area contributed by atoms with Crippen molar-refractivity contribution in [3.05, 3.63) is 65.7 Å². The molecule has 4 rings (SSSR count). The van der Waals surface area contributed by atoms with E-state index in [1.54, 1.807) is 29.2 Å². The van der Waals surface area contributed by atoms with Gasteiger partial charge in [0.05, 0.1) is 24.6 Å². The van der Waals surface area contributed by atoms with Gasteiger partial charge in [0.2, 0.25) is 10.0 Å². The standard InChI is InChI=1S/C20H22N2O4S/c23-20(21-11-12-26-19(15-21)16-6-2-1-3-7-16)17-8-4-9-18(14-17)22-10-5-13-27(22,24)25/h1-4,6-9,14,19H,5,10-13,15H2. The molecule has 0 radical (unpaired) electrons. The fraction of sp³-hybridized carbons (Fsp3) is 0.350. The van der Waals surface area contributed by atoms with Crippen LogP contribution in [0.1, 0.15) is 28.4 Å². The molecule has 0 bridgehead atoms. The van der Waals surface area contributed by atoms with Crippen LogP contribution in [0.25, 0.3) is 0 Å². The number of hydrogen-bond donors (Lipinski definition) is 0. The number of hydrogen-bond acceptors (Lipinski definition) is 4. The Bertz CT molecular complexity index is 930. The molecule has 2 heterocycles. The SMILES string of the molecule is O=C(c1cccc(N2CCCS2(=O)=O)c1)N1CCOC(c2ccccc2)C1. The Hall–Kier alpha value is -2.38. The van der Waals surface area contributed by atoms with Gasteiger partial charge in [0, 0.05) is 18.7 Å². The van der Waals surface area contributed by atoms with E-state index in [1.807, 2.05) is 30.3 Å². The third-order valence-corrected chi connectivity index (χ3v) is 6.87. The number of sulfonamides is 1. The van der Waals surface area contributed by atoms with Gasteiger partial charge in [-0.05, 0) is 30.2 Å². The van der Waals surface area contributed by atoms with Crippen molar-refractivity contribution in [1.29, 1.82) is 0 Å². The molecule has 2 fully saturated rings. The van der Waals surface area contributed by atoms with Crippen LogP contribution in [0.15, 0.2) is 54.6 Å². The number of rotatable bonds is 3. The number of morpholine rings is 1. The second-order valence-electron chi connectivity index (χ2n) is 6.81. The van der Waals surface area contributed by atoms with Gasteiger partial charge < -0.3 is 9.64 Å². The van der Waals surface area contributed by atoms with Crippen LogP contribution < -0.4 is 4.31 Å². The molecule has 1 amide bonds. The second-order valence-corrected chi connectivity index (χ2v) is 8.83. The summed E-state index contributed by atoms with van der Waals surface area (Å²) in [7, 11) is -3.26. The molecule has 2 aromatic rings. The molecule has 2 aromatic carbocycles. The van der Waals surface area contributed by atoms with E-state index in [1.165, 1.54) is 4.31 Å². The fourth-order valence-electron chi connectivity index (χ4n) is 3.61. The van der Waals surface area contributed by atoms with Crippen LogP contribution in [0.4, 0.5) is 5.69 Å². The van der Waals surface area contributed by atoms with Crippen LogP contribution in [0.2, 0.25) is 0 Å². The van der Waals surface area contributed by atoms with Crippen molar-refractivity contribution in [2.24, 2.45) is 0 Å². The monoisotopic (exact) mass is 386 g/mol. The van der Waals surface area contributed by atoms with Gasteiger partial charge in [0.15, 0.2) is 0 Å². The summed E-state index contributed by atoms with van der Waals surface area (Å²) in [5.74, 6) is 0.0607. The molecule has 142 valence electrons. The summed E-state index contributed by atoms with van der Waals surface area (Å²) in [6, 6.07) is 16.8. The smallest absolute Gasteiger partial charge is 0.254 e. The highest BCUT2D eigenvalue weighted by Gasteiger charge is 2.30. The van der Waals surface area contributed by atoms with Crippen LogP contribution >= 0.6 is 0 Å². The summed E-state index contributed by atoms with van der Waals surface area (Å²) in [5.41, 5.74) is 2.11. The highest BCUT2D eigenvalue weighted by molar-refractivity contribution is 7.93. The number of ether oxygens (including phenoxy) is 1. The van der Waals surface area contributed by atoms with Crippen molar-refractivity contribution in [1.82, 2.24) is 4.90 Å². The van der Waals surface area contributed by atoms with E-state index >= 15 is 0 Å². The van der Waals surface area contributed by atoms with Crippen molar-refractivity contribution in [3.63, 3.8) is 0 Å². The largest absolute Gasteiger partial charge is 0.370 e. The first-order chi connectivity index (χ1) is 13.0. The van der Waals surface area contributed by atoms with E-state index < -0.39 is 10.0 Å². The van der Waals surface area contributed by atoms with Gasteiger partial charge in [-0.15, -0.1) is 0 Å². The molecule has 0 N–H and O–H groups in total.